The molecule has 2 amide bonds. The summed E-state index contributed by atoms with van der Waals surface area (Å²) in [6.45, 7) is 9.01. The fraction of sp³-hybridized carbons (Fsp3) is 0.759. The van der Waals surface area contributed by atoms with E-state index in [0.717, 1.165) is 4.90 Å². The number of rotatable bonds is 16. The Hall–Kier alpha value is -1.87. The van der Waals surface area contributed by atoms with Crippen LogP contribution in [0.5, 0.6) is 0 Å². The second-order valence-corrected chi connectivity index (χ2v) is 17.0. The van der Waals surface area contributed by atoms with E-state index in [1.54, 1.807) is 32.9 Å². The molecule has 6 atom stereocenters. The molecule has 3 aliphatic heterocycles. The second kappa shape index (κ2) is 13.6. The van der Waals surface area contributed by atoms with Gasteiger partial charge in [-0.25, -0.2) is 0 Å². The minimum atomic E-state index is -1.41. The van der Waals surface area contributed by atoms with E-state index in [0.29, 0.717) is 0 Å². The van der Waals surface area contributed by atoms with Gasteiger partial charge in [0.15, 0.2) is 0 Å². The lowest BCUT2D eigenvalue weighted by Crippen LogP contribution is -2.45. The highest BCUT2D eigenvalue weighted by Gasteiger charge is 2.60. The van der Waals surface area contributed by atoms with Gasteiger partial charge < -0.3 is 28.4 Å². The van der Waals surface area contributed by atoms with Crippen molar-refractivity contribution >= 4 is 61.6 Å². The minimum Gasteiger partial charge on any atom is -0.464 e. The molecule has 4 unspecified atom stereocenters. The number of likely N-dealkylation sites (tertiary alicyclic amines) is 1. The number of amides is 2. The van der Waals surface area contributed by atoms with E-state index in [1.807, 2.05) is 13.8 Å². The lowest BCUT2D eigenvalue weighted by molar-refractivity contribution is -0.177. The zero-order chi connectivity index (χ0) is 32.4. The van der Waals surface area contributed by atoms with E-state index in [1.165, 1.54) is 14.0 Å². The molecule has 0 aliphatic carbocycles. The Kier molecular flexibility index (Phi) is 11.3. The van der Waals surface area contributed by atoms with Gasteiger partial charge in [0.1, 0.15) is 35.0 Å². The maximum atomic E-state index is 13.4. The predicted molar refractivity (Wildman–Crippen MR) is 159 cm³/mol. The van der Waals surface area contributed by atoms with Gasteiger partial charge in [0.05, 0.1) is 50.4 Å². The van der Waals surface area contributed by atoms with Crippen molar-refractivity contribution in [2.75, 3.05) is 53.3 Å². The molecule has 0 aromatic heterocycles. The number of esters is 3. The third-order valence-electron chi connectivity index (χ3n) is 7.39. The van der Waals surface area contributed by atoms with Gasteiger partial charge >= 0.3 is 17.9 Å². The highest BCUT2D eigenvalue weighted by Crippen LogP contribution is 2.45. The fourth-order valence-electron chi connectivity index (χ4n) is 4.94. The normalized spacial score (nSPS) is 25.7. The van der Waals surface area contributed by atoms with Gasteiger partial charge in [0, 0.05) is 11.4 Å². The Balaban J connectivity index is 1.60. The molecular formula is C29H41Br2NO11. The number of imide groups is 1. The van der Waals surface area contributed by atoms with Crippen LogP contribution in [-0.2, 0) is 52.4 Å². The molecule has 3 aliphatic rings. The van der Waals surface area contributed by atoms with Gasteiger partial charge in [-0.15, -0.1) is 0 Å². The van der Waals surface area contributed by atoms with Crippen molar-refractivity contribution in [2.24, 2.45) is 22.7 Å². The van der Waals surface area contributed by atoms with Crippen molar-refractivity contribution in [1.82, 2.24) is 4.90 Å². The van der Waals surface area contributed by atoms with Crippen molar-refractivity contribution in [2.45, 2.75) is 62.4 Å². The van der Waals surface area contributed by atoms with Crippen molar-refractivity contribution in [1.29, 1.82) is 0 Å². The van der Waals surface area contributed by atoms with E-state index in [9.17, 15) is 24.0 Å². The first-order chi connectivity index (χ1) is 19.8. The SMILES string of the molecule is COCC(C)(COC(=O)C(C)(COCC(C)(C)Br)COC(=O)C(C)(C)Br)C(=O)OCCN1C(=O)[C@@H]2C3C=CC(O3)[C@@H]2C1=O. The number of hydrogen-bond acceptors (Lipinski definition) is 11. The highest BCUT2D eigenvalue weighted by atomic mass is 79.9. The number of ether oxygens (including phenoxy) is 6. The van der Waals surface area contributed by atoms with Crippen LogP contribution in [0.25, 0.3) is 0 Å². The van der Waals surface area contributed by atoms with E-state index in [2.05, 4.69) is 31.9 Å². The highest BCUT2D eigenvalue weighted by molar-refractivity contribution is 9.10. The number of halogens is 2. The summed E-state index contributed by atoms with van der Waals surface area (Å²) < 4.78 is 31.7. The molecule has 0 radical (unpaired) electrons. The van der Waals surface area contributed by atoms with Gasteiger partial charge in [-0.1, -0.05) is 44.0 Å². The lowest BCUT2D eigenvalue weighted by atomic mass is 9.85. The number of nitrogens with zero attached hydrogens (tertiary/aromatic N) is 1. The number of alkyl halides is 2. The van der Waals surface area contributed by atoms with E-state index < -0.39 is 63.7 Å². The molecule has 0 aromatic rings. The predicted octanol–water partition coefficient (Wildman–Crippen LogP) is 2.58. The summed E-state index contributed by atoms with van der Waals surface area (Å²) in [5, 5.41) is 0. The minimum absolute atomic E-state index is 0.104. The van der Waals surface area contributed by atoms with Gasteiger partial charge in [0.2, 0.25) is 11.8 Å². The van der Waals surface area contributed by atoms with E-state index in [-0.39, 0.29) is 55.7 Å². The molecule has 0 saturated carbocycles. The smallest absolute Gasteiger partial charge is 0.322 e. The van der Waals surface area contributed by atoms with Crippen molar-refractivity contribution in [3.05, 3.63) is 12.2 Å². The number of methoxy groups -OCH3 is 1. The summed E-state index contributed by atoms with van der Waals surface area (Å²) in [6.07, 6.45) is 2.78. The van der Waals surface area contributed by atoms with Crippen LogP contribution in [0.1, 0.15) is 41.5 Å². The van der Waals surface area contributed by atoms with Crippen LogP contribution < -0.4 is 0 Å². The molecule has 2 fully saturated rings. The summed E-state index contributed by atoms with van der Waals surface area (Å²) >= 11 is 6.73. The number of carbonyl (C=O) groups excluding carboxylic acids is 5. The number of hydrogen-bond donors (Lipinski definition) is 0. The summed E-state index contributed by atoms with van der Waals surface area (Å²) in [5.41, 5.74) is -2.80. The third kappa shape index (κ3) is 8.44. The molecule has 2 saturated heterocycles. The van der Waals surface area contributed by atoms with Crippen LogP contribution in [0.15, 0.2) is 12.2 Å². The Morgan fingerprint density at radius 2 is 1.26 bits per heavy atom. The molecular weight excluding hydrogens is 698 g/mol. The number of carbonyl (C=O) groups is 5. The van der Waals surface area contributed by atoms with Crippen LogP contribution in [0.2, 0.25) is 0 Å². The fourth-order valence-corrected chi connectivity index (χ4v) is 5.22. The first-order valence-electron chi connectivity index (χ1n) is 14.0. The van der Waals surface area contributed by atoms with Crippen LogP contribution in [0.4, 0.5) is 0 Å². The Morgan fingerprint density at radius 1 is 0.767 bits per heavy atom. The van der Waals surface area contributed by atoms with Crippen LogP contribution in [-0.4, -0.2) is 109 Å². The molecule has 0 spiro atoms. The van der Waals surface area contributed by atoms with Gasteiger partial charge in [-0.3, -0.25) is 28.9 Å². The average Bonchev–Trinajstić information content (AvgIpc) is 3.59. The van der Waals surface area contributed by atoms with Gasteiger partial charge in [-0.05, 0) is 41.5 Å². The average molecular weight is 739 g/mol. The first-order valence-corrected chi connectivity index (χ1v) is 15.6. The van der Waals surface area contributed by atoms with E-state index in [4.69, 9.17) is 28.4 Å². The topological polar surface area (TPSA) is 144 Å². The molecule has 2 bridgehead atoms. The maximum Gasteiger partial charge on any atom is 0.322 e. The molecule has 242 valence electrons. The number of fused-ring (bicyclic) bond motifs is 5. The third-order valence-corrected chi connectivity index (χ3v) is 7.95. The monoisotopic (exact) mass is 737 g/mol. The first kappa shape index (κ1) is 35.6. The summed E-state index contributed by atoms with van der Waals surface area (Å²) in [7, 11) is 1.39. The molecule has 0 N–H and O–H groups in total. The Morgan fingerprint density at radius 3 is 1.74 bits per heavy atom. The Labute approximate surface area is 268 Å². The largest absolute Gasteiger partial charge is 0.464 e. The van der Waals surface area contributed by atoms with E-state index >= 15 is 0 Å². The summed E-state index contributed by atoms with van der Waals surface area (Å²) in [5.74, 6) is -3.84. The summed E-state index contributed by atoms with van der Waals surface area (Å²) in [4.78, 5) is 65.7. The molecule has 12 nitrogen and oxygen atoms in total. The molecule has 3 heterocycles. The van der Waals surface area contributed by atoms with Crippen LogP contribution in [0, 0.1) is 22.7 Å². The van der Waals surface area contributed by atoms with Crippen molar-refractivity contribution < 1.29 is 52.4 Å². The zero-order valence-corrected chi connectivity index (χ0v) is 28.8. The summed E-state index contributed by atoms with van der Waals surface area (Å²) in [6, 6.07) is 0. The van der Waals surface area contributed by atoms with Gasteiger partial charge in [0.25, 0.3) is 0 Å². The van der Waals surface area contributed by atoms with Crippen molar-refractivity contribution in [3.63, 3.8) is 0 Å². The molecule has 3 rings (SSSR count). The molecule has 43 heavy (non-hydrogen) atoms. The molecule has 0 aromatic carbocycles. The van der Waals surface area contributed by atoms with Crippen molar-refractivity contribution in [3.8, 4) is 0 Å². The lowest BCUT2D eigenvalue weighted by Gasteiger charge is -2.31. The van der Waals surface area contributed by atoms with Gasteiger partial charge in [-0.2, -0.15) is 0 Å². The quantitative estimate of drug-likeness (QED) is 0.0758. The second-order valence-electron chi connectivity index (χ2n) is 12.9. The zero-order valence-electron chi connectivity index (χ0n) is 25.6. The standard InChI is InChI=1S/C29H41Br2NO11/c1-26(2,30)12-39-14-29(6,16-41-23(35)27(3,4)31)25(37)42-15-28(5,13-38-7)24(36)40-11-10-32-21(33)19-17-8-9-18(43-17)20(19)22(32)34/h8-9,17-20H,10-16H2,1-7H3/t17?,18?,19-,20+,28?,29?. The molecule has 14 heteroatoms. The van der Waals surface area contributed by atoms with Crippen LogP contribution in [0.3, 0.4) is 0 Å². The maximum absolute atomic E-state index is 13.4. The van der Waals surface area contributed by atoms with Crippen LogP contribution >= 0.6 is 31.9 Å². The Bertz CT molecular complexity index is 1100.